The predicted molar refractivity (Wildman–Crippen MR) is 82.2 cm³/mol. The monoisotopic (exact) mass is 321 g/mol. The summed E-state index contributed by atoms with van der Waals surface area (Å²) < 4.78 is 12.8. The van der Waals surface area contributed by atoms with E-state index in [0.29, 0.717) is 17.9 Å². The van der Waals surface area contributed by atoms with E-state index in [-0.39, 0.29) is 12.4 Å². The molecule has 2 amide bonds. The lowest BCUT2D eigenvalue weighted by Gasteiger charge is -2.07. The molecule has 1 aromatic carbocycles. The number of allylic oxidation sites excluding steroid dienone is 1. The number of nitrogens with two attached hydrogens (primary N) is 1. The van der Waals surface area contributed by atoms with Crippen molar-refractivity contribution in [3.63, 3.8) is 0 Å². The van der Waals surface area contributed by atoms with E-state index in [9.17, 15) is 9.18 Å². The van der Waals surface area contributed by atoms with Crippen molar-refractivity contribution < 1.29 is 14.4 Å². The fourth-order valence-electron chi connectivity index (χ4n) is 1.78. The topological polar surface area (TPSA) is 79.5 Å². The number of carbonyl (C=O) groups excluding carboxylic acids is 1. The molecule has 0 bridgehead atoms. The van der Waals surface area contributed by atoms with Gasteiger partial charge in [-0.05, 0) is 17.7 Å². The Bertz CT molecular complexity index is 655. The van der Waals surface area contributed by atoms with Gasteiger partial charge in [-0.15, -0.1) is 11.3 Å². The Kier molecular flexibility index (Phi) is 5.62. The first kappa shape index (κ1) is 16.1. The normalized spacial score (nSPS) is 11.0. The minimum atomic E-state index is -0.888. The third kappa shape index (κ3) is 4.94. The first-order valence-corrected chi connectivity index (χ1v) is 7.45. The molecule has 3 N–H and O–H groups in total. The number of carbonyl (C=O) groups is 1. The average Bonchev–Trinajstić information content (AvgIpc) is 2.93. The van der Waals surface area contributed by atoms with Crippen LogP contribution in [0.4, 0.5) is 9.18 Å². The second-order valence-corrected chi connectivity index (χ2v) is 5.82. The number of hydrogen-bond donors (Lipinski definition) is 2. The lowest BCUT2D eigenvalue weighted by atomic mass is 10.1. The highest BCUT2D eigenvalue weighted by Crippen LogP contribution is 2.18. The molecule has 0 spiro atoms. The summed E-state index contributed by atoms with van der Waals surface area (Å²) in [5.41, 5.74) is 5.92. The van der Waals surface area contributed by atoms with Gasteiger partial charge in [-0.1, -0.05) is 24.3 Å². The maximum absolute atomic E-state index is 12.8. The molecule has 2 aromatic rings. The van der Waals surface area contributed by atoms with Crippen LogP contribution in [0.15, 0.2) is 42.6 Å². The summed E-state index contributed by atoms with van der Waals surface area (Å²) in [7, 11) is 0. The summed E-state index contributed by atoms with van der Waals surface area (Å²) in [6.45, 7) is 0.0448. The van der Waals surface area contributed by atoms with Crippen LogP contribution in [0, 0.1) is 5.82 Å². The van der Waals surface area contributed by atoms with Crippen LogP contribution in [-0.4, -0.2) is 27.8 Å². The van der Waals surface area contributed by atoms with Crippen LogP contribution < -0.4 is 5.73 Å². The summed E-state index contributed by atoms with van der Waals surface area (Å²) in [6, 6.07) is 5.52. The summed E-state index contributed by atoms with van der Waals surface area (Å²) in [5, 5.41) is 10.4. The van der Waals surface area contributed by atoms with Crippen LogP contribution >= 0.6 is 11.3 Å². The summed E-state index contributed by atoms with van der Waals surface area (Å²) in [6.07, 6.45) is 6.59. The van der Waals surface area contributed by atoms with E-state index >= 15 is 0 Å². The van der Waals surface area contributed by atoms with Gasteiger partial charge in [-0.2, -0.15) is 0 Å². The highest BCUT2D eigenvalue weighted by molar-refractivity contribution is 7.11. The second kappa shape index (κ2) is 7.67. The number of thiazole rings is 1. The Morgan fingerprint density at radius 2 is 2.09 bits per heavy atom. The summed E-state index contributed by atoms with van der Waals surface area (Å²) in [4.78, 5) is 16.0. The van der Waals surface area contributed by atoms with Gasteiger partial charge in [0.25, 0.3) is 0 Å². The smallest absolute Gasteiger partial charge is 0.338 e. The SMILES string of the molecule is NC(=O)N(O)C/C=C\Cc1ncc(Cc2ccc(F)cc2)s1. The van der Waals surface area contributed by atoms with E-state index in [4.69, 9.17) is 10.9 Å². The average molecular weight is 321 g/mol. The minimum absolute atomic E-state index is 0.0448. The molecule has 0 aliphatic rings. The van der Waals surface area contributed by atoms with Crippen LogP contribution in [0.1, 0.15) is 15.4 Å². The number of primary amides is 1. The van der Waals surface area contributed by atoms with Crippen molar-refractivity contribution in [2.75, 3.05) is 6.54 Å². The number of nitrogens with zero attached hydrogens (tertiary/aromatic N) is 2. The van der Waals surface area contributed by atoms with Crippen molar-refractivity contribution in [1.82, 2.24) is 10.0 Å². The third-order valence-corrected chi connectivity index (χ3v) is 3.90. The van der Waals surface area contributed by atoms with Crippen molar-refractivity contribution >= 4 is 17.4 Å². The van der Waals surface area contributed by atoms with Gasteiger partial charge < -0.3 is 5.73 Å². The Hall–Kier alpha value is -2.25. The van der Waals surface area contributed by atoms with E-state index in [1.807, 2.05) is 6.08 Å². The van der Waals surface area contributed by atoms with Crippen LogP contribution in [0.5, 0.6) is 0 Å². The Balaban J connectivity index is 1.85. The van der Waals surface area contributed by atoms with Crippen molar-refractivity contribution in [3.8, 4) is 0 Å². The molecule has 0 atom stereocenters. The Labute approximate surface area is 131 Å². The number of rotatable bonds is 6. The highest BCUT2D eigenvalue weighted by atomic mass is 32.1. The van der Waals surface area contributed by atoms with E-state index in [2.05, 4.69) is 4.98 Å². The molecule has 7 heteroatoms. The number of halogens is 1. The highest BCUT2D eigenvalue weighted by Gasteiger charge is 2.04. The third-order valence-electron chi connectivity index (χ3n) is 2.88. The molecule has 2 rings (SSSR count). The Morgan fingerprint density at radius 1 is 1.36 bits per heavy atom. The van der Waals surface area contributed by atoms with Crippen LogP contribution in [0.2, 0.25) is 0 Å². The van der Waals surface area contributed by atoms with Crippen LogP contribution in [-0.2, 0) is 12.8 Å². The van der Waals surface area contributed by atoms with E-state index in [1.54, 1.807) is 35.7 Å². The molecule has 0 aliphatic carbocycles. The molecular weight excluding hydrogens is 305 g/mol. The lowest BCUT2D eigenvalue weighted by molar-refractivity contribution is -0.0288. The van der Waals surface area contributed by atoms with Gasteiger partial charge in [0.15, 0.2) is 0 Å². The molecule has 0 aliphatic heterocycles. The first-order chi connectivity index (χ1) is 10.5. The zero-order valence-corrected chi connectivity index (χ0v) is 12.6. The summed E-state index contributed by atoms with van der Waals surface area (Å²) >= 11 is 1.57. The summed E-state index contributed by atoms with van der Waals surface area (Å²) in [5.74, 6) is -0.243. The number of hydroxylamine groups is 2. The van der Waals surface area contributed by atoms with Crippen molar-refractivity contribution in [3.05, 3.63) is 63.9 Å². The molecule has 0 fully saturated rings. The molecule has 0 unspecified atom stereocenters. The largest absolute Gasteiger partial charge is 0.350 e. The zero-order valence-electron chi connectivity index (χ0n) is 11.8. The van der Waals surface area contributed by atoms with Crippen molar-refractivity contribution in [2.24, 2.45) is 5.73 Å². The van der Waals surface area contributed by atoms with Crippen molar-refractivity contribution in [1.29, 1.82) is 0 Å². The first-order valence-electron chi connectivity index (χ1n) is 6.63. The van der Waals surface area contributed by atoms with Gasteiger partial charge in [0, 0.05) is 23.9 Å². The lowest BCUT2D eigenvalue weighted by Crippen LogP contribution is -2.32. The molecule has 1 heterocycles. The molecule has 0 saturated heterocycles. The fraction of sp³-hybridized carbons (Fsp3) is 0.200. The maximum atomic E-state index is 12.8. The zero-order chi connectivity index (χ0) is 15.9. The maximum Gasteiger partial charge on any atom is 0.338 e. The molecule has 0 saturated carbocycles. The number of urea groups is 1. The predicted octanol–water partition coefficient (Wildman–Crippen LogP) is 2.74. The molecule has 116 valence electrons. The number of aromatic nitrogens is 1. The standard InChI is InChI=1S/C15H16FN3O2S/c16-12-6-4-11(5-7-12)9-13-10-18-14(22-13)3-1-2-8-19(21)15(17)20/h1-2,4-7,10,21H,3,8-9H2,(H2,17,20)/b2-1-. The van der Waals surface area contributed by atoms with Gasteiger partial charge in [-0.25, -0.2) is 19.2 Å². The minimum Gasteiger partial charge on any atom is -0.350 e. The van der Waals surface area contributed by atoms with Gasteiger partial charge in [-0.3, -0.25) is 5.21 Å². The number of benzene rings is 1. The molecule has 1 aromatic heterocycles. The van der Waals surface area contributed by atoms with Crippen LogP contribution in [0.3, 0.4) is 0 Å². The van der Waals surface area contributed by atoms with E-state index < -0.39 is 6.03 Å². The number of hydrogen-bond acceptors (Lipinski definition) is 4. The van der Waals surface area contributed by atoms with Crippen molar-refractivity contribution in [2.45, 2.75) is 12.8 Å². The van der Waals surface area contributed by atoms with Crippen LogP contribution in [0.25, 0.3) is 0 Å². The van der Waals surface area contributed by atoms with Gasteiger partial charge in [0.05, 0.1) is 11.6 Å². The molecule has 5 nitrogen and oxygen atoms in total. The van der Waals surface area contributed by atoms with E-state index in [0.717, 1.165) is 15.4 Å². The fourth-order valence-corrected chi connectivity index (χ4v) is 2.71. The van der Waals surface area contributed by atoms with Gasteiger partial charge in [0.1, 0.15) is 5.82 Å². The Morgan fingerprint density at radius 3 is 2.77 bits per heavy atom. The second-order valence-electron chi connectivity index (χ2n) is 4.62. The molecular formula is C15H16FN3O2S. The quantitative estimate of drug-likeness (QED) is 0.488. The number of amides is 2. The van der Waals surface area contributed by atoms with Gasteiger partial charge in [0.2, 0.25) is 0 Å². The molecule has 22 heavy (non-hydrogen) atoms. The van der Waals surface area contributed by atoms with E-state index in [1.165, 1.54) is 12.1 Å². The van der Waals surface area contributed by atoms with Gasteiger partial charge >= 0.3 is 6.03 Å². The molecule has 0 radical (unpaired) electrons.